The van der Waals surface area contributed by atoms with Crippen LogP contribution >= 0.6 is 11.3 Å². The number of carbonyl (C=O) groups is 2. The highest BCUT2D eigenvalue weighted by Crippen LogP contribution is 2.24. The van der Waals surface area contributed by atoms with E-state index >= 15 is 0 Å². The number of amides is 2. The van der Waals surface area contributed by atoms with Crippen molar-refractivity contribution in [3.63, 3.8) is 0 Å². The van der Waals surface area contributed by atoms with Crippen molar-refractivity contribution >= 4 is 34.2 Å². The monoisotopic (exact) mass is 461 g/mol. The molecule has 0 aliphatic carbocycles. The third kappa shape index (κ3) is 5.43. The van der Waals surface area contributed by atoms with Gasteiger partial charge >= 0.3 is 6.09 Å². The number of benzene rings is 2. The Kier molecular flexibility index (Phi) is 6.79. The van der Waals surface area contributed by atoms with Crippen LogP contribution in [-0.2, 0) is 22.6 Å². The van der Waals surface area contributed by atoms with Gasteiger partial charge in [-0.2, -0.15) is 0 Å². The quantitative estimate of drug-likeness (QED) is 0.331. The first kappa shape index (κ1) is 22.6. The molecule has 2 heterocycles. The molecule has 3 N–H and O–H groups in total. The average Bonchev–Trinajstić information content (AvgIpc) is 3.48. The van der Waals surface area contributed by atoms with Crippen molar-refractivity contribution in [1.82, 2.24) is 15.6 Å². The number of alkyl carbamates (subject to hydrolysis) is 1. The average molecular weight is 462 g/mol. The zero-order valence-electron chi connectivity index (χ0n) is 18.6. The second-order valence-electron chi connectivity index (χ2n) is 8.25. The lowest BCUT2D eigenvalue weighted by atomic mass is 9.91. The summed E-state index contributed by atoms with van der Waals surface area (Å²) in [7, 11) is 0. The van der Waals surface area contributed by atoms with Crippen LogP contribution in [0.5, 0.6) is 0 Å². The Morgan fingerprint density at radius 3 is 2.58 bits per heavy atom. The highest BCUT2D eigenvalue weighted by Gasteiger charge is 2.37. The number of nitrogens with one attached hydrogen (secondary N) is 3. The molecule has 6 nitrogen and oxygen atoms in total. The van der Waals surface area contributed by atoms with Crippen LogP contribution in [0.1, 0.15) is 35.9 Å². The summed E-state index contributed by atoms with van der Waals surface area (Å²) in [6.45, 7) is 3.82. The molecule has 4 rings (SSSR count). The maximum Gasteiger partial charge on any atom is 0.408 e. The SMILES string of the molecule is C[C@H](NC(=O)[C@@](C)(Cc1c[nH]c2ccccc12)NC(=O)OCc1cccs1)c1ccccc1. The summed E-state index contributed by atoms with van der Waals surface area (Å²) in [6.07, 6.45) is 1.56. The minimum Gasteiger partial charge on any atom is -0.444 e. The van der Waals surface area contributed by atoms with Gasteiger partial charge < -0.3 is 20.4 Å². The lowest BCUT2D eigenvalue weighted by Crippen LogP contribution is -2.58. The molecular weight excluding hydrogens is 434 g/mol. The minimum absolute atomic E-state index is 0.161. The van der Waals surface area contributed by atoms with Crippen molar-refractivity contribution in [2.45, 2.75) is 38.5 Å². The van der Waals surface area contributed by atoms with Gasteiger partial charge in [-0.3, -0.25) is 4.79 Å². The van der Waals surface area contributed by atoms with E-state index in [1.165, 1.54) is 11.3 Å². The third-order valence-corrected chi connectivity index (χ3v) is 6.52. The van der Waals surface area contributed by atoms with Crippen molar-refractivity contribution < 1.29 is 14.3 Å². The second kappa shape index (κ2) is 9.92. The van der Waals surface area contributed by atoms with Crippen LogP contribution in [0, 0.1) is 0 Å². The zero-order valence-corrected chi connectivity index (χ0v) is 19.4. The maximum atomic E-state index is 13.5. The smallest absolute Gasteiger partial charge is 0.408 e. The molecule has 0 saturated heterocycles. The Morgan fingerprint density at radius 2 is 1.82 bits per heavy atom. The van der Waals surface area contributed by atoms with Crippen molar-refractivity contribution in [1.29, 1.82) is 0 Å². The largest absolute Gasteiger partial charge is 0.444 e. The van der Waals surface area contributed by atoms with Crippen LogP contribution in [0.15, 0.2) is 78.3 Å². The van der Waals surface area contributed by atoms with E-state index in [4.69, 9.17) is 4.74 Å². The number of carbonyl (C=O) groups excluding carboxylic acids is 2. The van der Waals surface area contributed by atoms with Gasteiger partial charge in [-0.1, -0.05) is 54.6 Å². The first-order valence-electron chi connectivity index (χ1n) is 10.8. The molecule has 2 aromatic carbocycles. The minimum atomic E-state index is -1.22. The molecule has 33 heavy (non-hydrogen) atoms. The fourth-order valence-corrected chi connectivity index (χ4v) is 4.43. The van der Waals surface area contributed by atoms with Crippen molar-refractivity contribution in [2.75, 3.05) is 0 Å². The van der Waals surface area contributed by atoms with Gasteiger partial charge in [0.05, 0.1) is 6.04 Å². The standard InChI is InChI=1S/C26H27N3O3S/c1-18(19-9-4-3-5-10-19)28-24(30)26(2,29-25(31)32-17-21-11-8-14-33-21)15-20-16-27-23-13-7-6-12-22(20)23/h3-14,16,18,27H,15,17H2,1-2H3,(H,28,30)(H,29,31)/t18-,26+/m0/s1. The van der Waals surface area contributed by atoms with Crippen molar-refractivity contribution in [2.24, 2.45) is 0 Å². The predicted molar refractivity (Wildman–Crippen MR) is 131 cm³/mol. The van der Waals surface area contributed by atoms with E-state index in [0.29, 0.717) is 6.42 Å². The molecule has 0 bridgehead atoms. The summed E-state index contributed by atoms with van der Waals surface area (Å²) in [5.41, 5.74) is 1.68. The lowest BCUT2D eigenvalue weighted by Gasteiger charge is -2.30. The number of hydrogen-bond acceptors (Lipinski definition) is 4. The Hall–Kier alpha value is -3.58. The lowest BCUT2D eigenvalue weighted by molar-refractivity contribution is -0.127. The van der Waals surface area contributed by atoms with E-state index in [0.717, 1.165) is 26.9 Å². The molecule has 2 atom stereocenters. The number of H-pyrrole nitrogens is 1. The Balaban J connectivity index is 1.54. The summed E-state index contributed by atoms with van der Waals surface area (Å²) in [4.78, 5) is 30.4. The maximum absolute atomic E-state index is 13.5. The molecule has 0 fully saturated rings. The molecule has 4 aromatic rings. The molecule has 0 spiro atoms. The molecule has 0 unspecified atom stereocenters. The number of para-hydroxylation sites is 1. The molecule has 2 aromatic heterocycles. The van der Waals surface area contributed by atoms with Crippen LogP contribution in [0.3, 0.4) is 0 Å². The topological polar surface area (TPSA) is 83.2 Å². The Morgan fingerprint density at radius 1 is 1.06 bits per heavy atom. The Bertz CT molecular complexity index is 1220. The third-order valence-electron chi connectivity index (χ3n) is 5.67. The number of fused-ring (bicyclic) bond motifs is 1. The molecule has 0 saturated carbocycles. The summed E-state index contributed by atoms with van der Waals surface area (Å²) >= 11 is 1.51. The number of aromatic nitrogens is 1. The van der Waals surface area contributed by atoms with Crippen LogP contribution in [0.25, 0.3) is 10.9 Å². The van der Waals surface area contributed by atoms with Gasteiger partial charge in [0.25, 0.3) is 0 Å². The van der Waals surface area contributed by atoms with Gasteiger partial charge in [-0.05, 0) is 42.5 Å². The van der Waals surface area contributed by atoms with Gasteiger partial charge in [0.2, 0.25) is 5.91 Å². The Labute approximate surface area is 197 Å². The van der Waals surface area contributed by atoms with E-state index in [1.54, 1.807) is 6.92 Å². The van der Waals surface area contributed by atoms with Gasteiger partial charge in [0.15, 0.2) is 0 Å². The highest BCUT2D eigenvalue weighted by molar-refractivity contribution is 7.09. The number of hydrogen-bond donors (Lipinski definition) is 3. The molecule has 0 aliphatic rings. The second-order valence-corrected chi connectivity index (χ2v) is 9.29. The molecular formula is C26H27N3O3S. The normalized spacial score (nSPS) is 13.8. The number of aromatic amines is 1. The molecule has 0 aliphatic heterocycles. The molecule has 170 valence electrons. The first-order valence-corrected chi connectivity index (χ1v) is 11.7. The highest BCUT2D eigenvalue weighted by atomic mass is 32.1. The molecule has 0 radical (unpaired) electrons. The van der Waals surface area contributed by atoms with E-state index < -0.39 is 11.6 Å². The fraction of sp³-hybridized carbons (Fsp3) is 0.231. The van der Waals surface area contributed by atoms with E-state index in [2.05, 4.69) is 15.6 Å². The van der Waals surface area contributed by atoms with E-state index in [1.807, 2.05) is 85.2 Å². The van der Waals surface area contributed by atoms with E-state index in [9.17, 15) is 9.59 Å². The summed E-state index contributed by atoms with van der Waals surface area (Å²) < 4.78 is 5.40. The summed E-state index contributed by atoms with van der Waals surface area (Å²) in [6, 6.07) is 21.2. The van der Waals surface area contributed by atoms with Crippen LogP contribution in [0.2, 0.25) is 0 Å². The summed E-state index contributed by atoms with van der Waals surface area (Å²) in [5, 5.41) is 8.83. The van der Waals surface area contributed by atoms with Gasteiger partial charge in [0.1, 0.15) is 12.1 Å². The van der Waals surface area contributed by atoms with Crippen molar-refractivity contribution in [3.8, 4) is 0 Å². The zero-order chi connectivity index (χ0) is 23.3. The van der Waals surface area contributed by atoms with Crippen LogP contribution in [0.4, 0.5) is 4.79 Å². The fourth-order valence-electron chi connectivity index (χ4n) is 3.81. The molecule has 7 heteroatoms. The first-order chi connectivity index (χ1) is 15.9. The number of thiophene rings is 1. The molecule has 2 amide bonds. The van der Waals surface area contributed by atoms with Crippen molar-refractivity contribution in [3.05, 3.63) is 94.3 Å². The van der Waals surface area contributed by atoms with Crippen LogP contribution in [-0.4, -0.2) is 22.5 Å². The van der Waals surface area contributed by atoms with Gasteiger partial charge in [-0.25, -0.2) is 4.79 Å². The number of ether oxygens (including phenoxy) is 1. The van der Waals surface area contributed by atoms with E-state index in [-0.39, 0.29) is 18.6 Å². The van der Waals surface area contributed by atoms with Gasteiger partial charge in [0, 0.05) is 28.4 Å². The number of rotatable bonds is 8. The van der Waals surface area contributed by atoms with Gasteiger partial charge in [-0.15, -0.1) is 11.3 Å². The van der Waals surface area contributed by atoms with Crippen LogP contribution < -0.4 is 10.6 Å². The summed E-state index contributed by atoms with van der Waals surface area (Å²) in [5.74, 6) is -0.280. The predicted octanol–water partition coefficient (Wildman–Crippen LogP) is 5.33.